The molecule has 168 valence electrons. The Kier molecular flexibility index (Phi) is 6.63. The molecule has 1 N–H and O–H groups in total. The van der Waals surface area contributed by atoms with Crippen LogP contribution in [0.5, 0.6) is 0 Å². The van der Waals surface area contributed by atoms with Gasteiger partial charge in [-0.3, -0.25) is 20.0 Å². The minimum Gasteiger partial charge on any atom is -0.444 e. The number of carbonyl (C=O) groups excluding carboxylic acids is 2. The van der Waals surface area contributed by atoms with Gasteiger partial charge in [0.1, 0.15) is 11.1 Å². The van der Waals surface area contributed by atoms with Crippen molar-refractivity contribution in [2.24, 2.45) is 4.99 Å². The minimum atomic E-state index is -0.942. The fourth-order valence-corrected chi connectivity index (χ4v) is 4.80. The van der Waals surface area contributed by atoms with E-state index in [1.54, 1.807) is 47.1 Å². The molecule has 0 spiro atoms. The highest BCUT2D eigenvalue weighted by molar-refractivity contribution is 7.16. The van der Waals surface area contributed by atoms with E-state index in [0.717, 1.165) is 20.9 Å². The number of aliphatic imine (C=N–C) groups is 1. The smallest absolute Gasteiger partial charge is 0.414 e. The largest absolute Gasteiger partial charge is 0.444 e. The first-order chi connectivity index (χ1) is 14.9. The first-order valence-corrected chi connectivity index (χ1v) is 11.2. The van der Waals surface area contributed by atoms with E-state index in [1.807, 2.05) is 19.1 Å². The summed E-state index contributed by atoms with van der Waals surface area (Å²) >= 11 is 8.04. The predicted molar refractivity (Wildman–Crippen MR) is 127 cm³/mol. The third-order valence-corrected chi connectivity index (χ3v) is 6.47. The van der Waals surface area contributed by atoms with Crippen LogP contribution in [0.15, 0.2) is 29.5 Å². The highest BCUT2D eigenvalue weighted by Gasteiger charge is 2.40. The van der Waals surface area contributed by atoms with Gasteiger partial charge >= 0.3 is 6.09 Å². The second kappa shape index (κ2) is 8.93. The molecule has 2 aromatic heterocycles. The molecule has 32 heavy (non-hydrogen) atoms. The van der Waals surface area contributed by atoms with Gasteiger partial charge in [-0.1, -0.05) is 17.5 Å². The van der Waals surface area contributed by atoms with Crippen molar-refractivity contribution in [3.05, 3.63) is 40.0 Å². The summed E-state index contributed by atoms with van der Waals surface area (Å²) < 4.78 is 5.30. The van der Waals surface area contributed by atoms with Gasteiger partial charge in [0, 0.05) is 35.4 Å². The number of ether oxygens (including phenoxy) is 1. The molecule has 2 amide bonds. The number of nitrogens with zero attached hydrogens (tertiary/aromatic N) is 3. The molecule has 1 aliphatic rings. The minimum absolute atomic E-state index is 0.113. The van der Waals surface area contributed by atoms with E-state index >= 15 is 0 Å². The first-order valence-electron chi connectivity index (χ1n) is 9.96. The van der Waals surface area contributed by atoms with E-state index < -0.39 is 17.2 Å². The molecule has 0 saturated heterocycles. The summed E-state index contributed by atoms with van der Waals surface area (Å²) in [7, 11) is 1.56. The summed E-state index contributed by atoms with van der Waals surface area (Å²) in [5.41, 5.74) is 0.0605. The van der Waals surface area contributed by atoms with Crippen molar-refractivity contribution in [1.29, 1.82) is 0 Å². The van der Waals surface area contributed by atoms with Crippen LogP contribution in [0.2, 0.25) is 5.02 Å². The molecule has 0 radical (unpaired) electrons. The lowest BCUT2D eigenvalue weighted by molar-refractivity contribution is -0.128. The number of carbonyl (C=O) groups is 2. The SMILES string of the molecule is CC#Cc1cncc(-c2cc(Cl)c([C@]3(C)CC(=O)N(C)C(NC(=O)OC(C)(C)C)=N3)s2)c1. The van der Waals surface area contributed by atoms with Gasteiger partial charge in [0.15, 0.2) is 0 Å². The van der Waals surface area contributed by atoms with Crippen LogP contribution in [0.25, 0.3) is 10.4 Å². The van der Waals surface area contributed by atoms with Crippen LogP contribution in [0, 0.1) is 11.8 Å². The van der Waals surface area contributed by atoms with Crippen LogP contribution < -0.4 is 5.32 Å². The maximum atomic E-state index is 12.8. The van der Waals surface area contributed by atoms with Crippen molar-refractivity contribution in [2.45, 2.75) is 52.2 Å². The van der Waals surface area contributed by atoms with Crippen molar-refractivity contribution in [3.8, 4) is 22.3 Å². The van der Waals surface area contributed by atoms with Crippen LogP contribution in [0.3, 0.4) is 0 Å². The van der Waals surface area contributed by atoms with Gasteiger partial charge in [-0.2, -0.15) is 0 Å². The highest BCUT2D eigenvalue weighted by atomic mass is 35.5. The molecule has 0 fully saturated rings. The number of amides is 2. The molecule has 3 rings (SSSR count). The van der Waals surface area contributed by atoms with Crippen LogP contribution in [0.1, 0.15) is 51.5 Å². The van der Waals surface area contributed by atoms with Crippen molar-refractivity contribution in [2.75, 3.05) is 7.05 Å². The summed E-state index contributed by atoms with van der Waals surface area (Å²) in [5.74, 6) is 5.78. The monoisotopic (exact) mass is 472 g/mol. The molecule has 3 heterocycles. The Morgan fingerprint density at radius 1 is 1.34 bits per heavy atom. The summed E-state index contributed by atoms with van der Waals surface area (Å²) in [4.78, 5) is 36.9. The summed E-state index contributed by atoms with van der Waals surface area (Å²) in [5, 5.41) is 3.09. The second-order valence-electron chi connectivity index (χ2n) is 8.59. The Morgan fingerprint density at radius 3 is 2.72 bits per heavy atom. The number of rotatable bonds is 2. The third-order valence-electron chi connectivity index (χ3n) is 4.62. The van der Waals surface area contributed by atoms with Gasteiger partial charge in [-0.15, -0.1) is 17.3 Å². The maximum Gasteiger partial charge on any atom is 0.414 e. The molecule has 1 atom stereocenters. The number of halogens is 1. The van der Waals surface area contributed by atoms with Crippen LogP contribution in [-0.2, 0) is 15.1 Å². The van der Waals surface area contributed by atoms with E-state index in [9.17, 15) is 9.59 Å². The molecule has 0 aromatic carbocycles. The molecule has 1 aliphatic heterocycles. The zero-order valence-corrected chi connectivity index (χ0v) is 20.4. The van der Waals surface area contributed by atoms with Gasteiger partial charge in [-0.25, -0.2) is 9.79 Å². The highest BCUT2D eigenvalue weighted by Crippen LogP contribution is 2.45. The molecule has 9 heteroatoms. The molecule has 2 aromatic rings. The zero-order valence-electron chi connectivity index (χ0n) is 18.9. The molecular weight excluding hydrogens is 448 g/mol. The number of hydrogen-bond acceptors (Lipinski definition) is 6. The Labute approximate surface area is 196 Å². The number of pyridine rings is 1. The van der Waals surface area contributed by atoms with Crippen LogP contribution >= 0.6 is 22.9 Å². The summed E-state index contributed by atoms with van der Waals surface area (Å²) in [6.45, 7) is 8.88. The standard InChI is InChI=1S/C23H25ClN4O3S/c1-7-8-14-9-15(13-25-12-14)17-10-16(24)19(32-17)23(5)11-18(29)28(6)20(27-23)26-21(30)31-22(2,3)4/h9-10,12-13H,11H2,1-6H3,(H,26,27,30)/t23-/m0/s1. The van der Waals surface area contributed by atoms with Crippen molar-refractivity contribution in [3.63, 3.8) is 0 Å². The molecule has 0 unspecified atom stereocenters. The van der Waals surface area contributed by atoms with E-state index in [-0.39, 0.29) is 18.3 Å². The van der Waals surface area contributed by atoms with E-state index in [1.165, 1.54) is 16.2 Å². The van der Waals surface area contributed by atoms with E-state index in [0.29, 0.717) is 5.02 Å². The Balaban J connectivity index is 1.97. The molecule has 0 bridgehead atoms. The quantitative estimate of drug-likeness (QED) is 0.637. The van der Waals surface area contributed by atoms with Gasteiger partial charge < -0.3 is 4.74 Å². The van der Waals surface area contributed by atoms with Gasteiger partial charge in [0.25, 0.3) is 0 Å². The zero-order chi connectivity index (χ0) is 23.7. The normalized spacial score (nSPS) is 18.5. The number of aromatic nitrogens is 1. The second-order valence-corrected chi connectivity index (χ2v) is 10.1. The number of nitrogens with one attached hydrogen (secondary N) is 1. The summed E-state index contributed by atoms with van der Waals surface area (Å²) in [6.07, 6.45) is 2.88. The van der Waals surface area contributed by atoms with Gasteiger partial charge in [0.2, 0.25) is 11.9 Å². The Hall–Kier alpha value is -2.89. The predicted octanol–water partition coefficient (Wildman–Crippen LogP) is 4.79. The topological polar surface area (TPSA) is 83.9 Å². The molecule has 7 nitrogen and oxygen atoms in total. The lowest BCUT2D eigenvalue weighted by Gasteiger charge is -2.34. The fourth-order valence-electron chi connectivity index (χ4n) is 3.18. The van der Waals surface area contributed by atoms with Crippen molar-refractivity contribution >= 4 is 40.9 Å². The van der Waals surface area contributed by atoms with Crippen LogP contribution in [-0.4, -0.2) is 40.5 Å². The lowest BCUT2D eigenvalue weighted by Crippen LogP contribution is -2.52. The number of alkyl carbamates (subject to hydrolysis) is 1. The fraction of sp³-hybridized carbons (Fsp3) is 0.391. The summed E-state index contributed by atoms with van der Waals surface area (Å²) in [6, 6.07) is 3.78. The average Bonchev–Trinajstić information content (AvgIpc) is 3.07. The lowest BCUT2D eigenvalue weighted by atomic mass is 9.94. The average molecular weight is 473 g/mol. The van der Waals surface area contributed by atoms with Crippen molar-refractivity contribution < 1.29 is 14.3 Å². The van der Waals surface area contributed by atoms with E-state index in [4.69, 9.17) is 21.3 Å². The van der Waals surface area contributed by atoms with Crippen molar-refractivity contribution in [1.82, 2.24) is 15.2 Å². The molecular formula is C23H25ClN4O3S. The number of hydrogen-bond donors (Lipinski definition) is 1. The first kappa shape index (κ1) is 23.8. The molecule has 0 aliphatic carbocycles. The van der Waals surface area contributed by atoms with Gasteiger partial charge in [0.05, 0.1) is 16.3 Å². The maximum absolute atomic E-state index is 12.8. The third kappa shape index (κ3) is 5.29. The Bertz CT molecular complexity index is 1160. The number of thiophene rings is 1. The van der Waals surface area contributed by atoms with Gasteiger partial charge in [-0.05, 0) is 46.8 Å². The number of guanidine groups is 1. The van der Waals surface area contributed by atoms with Crippen LogP contribution in [0.4, 0.5) is 4.79 Å². The Morgan fingerprint density at radius 2 is 2.06 bits per heavy atom. The van der Waals surface area contributed by atoms with E-state index in [2.05, 4.69) is 22.1 Å². The molecule has 0 saturated carbocycles.